The second-order valence-corrected chi connectivity index (χ2v) is 23.0. The zero-order valence-electron chi connectivity index (χ0n) is 37.6. The Morgan fingerprint density at radius 2 is 1.36 bits per heavy atom. The number of fused-ring (bicyclic) bond motifs is 5. The van der Waals surface area contributed by atoms with Gasteiger partial charge in [0.2, 0.25) is 17.7 Å². The van der Waals surface area contributed by atoms with Crippen LogP contribution in [0.1, 0.15) is 18.7 Å². The fourth-order valence-corrected chi connectivity index (χ4v) is 13.3. The predicted molar refractivity (Wildman–Crippen MR) is 237 cm³/mol. The molecule has 4 aliphatic heterocycles. The van der Waals surface area contributed by atoms with Gasteiger partial charge in [0.05, 0.1) is 46.1 Å². The molecule has 10 rings (SSSR count). The van der Waals surface area contributed by atoms with E-state index in [0.29, 0.717) is 0 Å². The number of aliphatic hydroxyl groups excluding tert-OH is 4. The van der Waals surface area contributed by atoms with Crippen molar-refractivity contribution < 1.29 is 108 Å². The number of rotatable bonds is 18. The summed E-state index contributed by atoms with van der Waals surface area (Å²) in [6.07, 6.45) is -13.8. The molecule has 0 amide bonds. The van der Waals surface area contributed by atoms with Crippen LogP contribution in [0.25, 0.3) is 33.5 Å². The number of nitrogens with zero attached hydrogens (tertiary/aromatic N) is 10. The van der Waals surface area contributed by atoms with Gasteiger partial charge in [0, 0.05) is 0 Å². The van der Waals surface area contributed by atoms with Gasteiger partial charge in [0.1, 0.15) is 66.3 Å². The minimum absolute atomic E-state index is 0.0230. The van der Waals surface area contributed by atoms with E-state index < -0.39 is 142 Å². The molecule has 0 radical (unpaired) electrons. The molecule has 4 aliphatic rings. The van der Waals surface area contributed by atoms with Gasteiger partial charge in [-0.05, 0) is 0 Å². The van der Waals surface area contributed by atoms with Gasteiger partial charge in [-0.25, -0.2) is 42.8 Å². The molecule has 7 unspecified atom stereocenters. The molecule has 0 aliphatic carbocycles. The second kappa shape index (κ2) is 19.1. The Morgan fingerprint density at radius 1 is 0.747 bits per heavy atom. The predicted octanol–water partition coefficient (Wildman–Crippen LogP) is -4.96. The number of imidazole rings is 3. The average Bonchev–Trinajstić information content (AvgIpc) is 4.23. The van der Waals surface area contributed by atoms with E-state index >= 15 is 0 Å². The molecular formula is C32H42N15O24P4+. The number of nitrogen functional groups attached to an aromatic ring is 3. The Bertz CT molecular complexity index is 3540. The lowest BCUT2D eigenvalue weighted by Gasteiger charge is -2.32. The molecule has 16 N–H and O–H groups in total. The number of aromatic nitrogens is 12. The molecule has 0 spiro atoms. The highest BCUT2D eigenvalue weighted by Gasteiger charge is 2.66. The fourth-order valence-electron chi connectivity index (χ4n) is 8.73. The van der Waals surface area contributed by atoms with E-state index in [2.05, 4.69) is 48.5 Å². The molecule has 2 bridgehead atoms. The molecule has 6 aromatic heterocycles. The Hall–Kier alpha value is -5.15. The van der Waals surface area contributed by atoms with E-state index in [1.54, 1.807) is 0 Å². The van der Waals surface area contributed by atoms with Gasteiger partial charge in [-0.3, -0.25) is 51.4 Å². The summed E-state index contributed by atoms with van der Waals surface area (Å²) in [6.45, 7) is -4.08. The van der Waals surface area contributed by atoms with Crippen molar-refractivity contribution >= 4 is 82.5 Å². The maximum Gasteiger partial charge on any atom is 0.490 e. The summed E-state index contributed by atoms with van der Waals surface area (Å²) in [5, 5.41) is 43.2. The van der Waals surface area contributed by atoms with Crippen molar-refractivity contribution in [2.75, 3.05) is 43.6 Å². The number of nitrogens with one attached hydrogen (secondary N) is 2. The Kier molecular flexibility index (Phi) is 13.6. The van der Waals surface area contributed by atoms with Crippen molar-refractivity contribution in [3.05, 3.63) is 46.0 Å². The Morgan fingerprint density at radius 3 is 2.08 bits per heavy atom. The van der Waals surface area contributed by atoms with Crippen molar-refractivity contribution in [1.82, 2.24) is 53.6 Å². The minimum atomic E-state index is -6.21. The standard InChI is InChI=1S/C32H41N15O24P4/c1-44-9-47(24-14(44)26(53)43-31(35)41-24)28-18(51)16(49)11(67-28)3-64-73(56,57)70-75(60,61)71-74(58,59)65-5-32-4-62-19(29(68-32)45-7-38-12-21(33)36-6-37-22(12)45)20(32)69-72(54,55)63-2-10-15(48)17(50)27(66-10)46-8-39-13-23(46)40-30(34)42-25(13)52/h6-11,15-20,27-29,48-51H,2-5H2,1H3,(H11-,33,34,35,36,37,40,41,42,43,52,53,54,55,56,57,58,59,60,61)/p+1/t10-,11-,15+,16?,17?,18+,19+,20?,27-,28-,29-,32-/m1/s1. The molecule has 0 saturated carbocycles. The number of nitrogens with two attached hydrogens (primary N) is 3. The van der Waals surface area contributed by atoms with Crippen LogP contribution in [-0.4, -0.2) is 174 Å². The first kappa shape index (κ1) is 53.3. The number of hydrogen-bond acceptors (Lipinski definition) is 29. The lowest BCUT2D eigenvalue weighted by atomic mass is 10.0. The van der Waals surface area contributed by atoms with Gasteiger partial charge >= 0.3 is 36.9 Å². The van der Waals surface area contributed by atoms with Crippen LogP contribution in [0, 0.1) is 0 Å². The number of aryl methyl sites for hydroxylation is 1. The summed E-state index contributed by atoms with van der Waals surface area (Å²) in [4.78, 5) is 95.9. The topological polar surface area (TPSA) is 562 Å². The van der Waals surface area contributed by atoms with Crippen LogP contribution in [-0.2, 0) is 71.0 Å². The summed E-state index contributed by atoms with van der Waals surface area (Å²) in [6, 6.07) is 0. The molecule has 4 fully saturated rings. The van der Waals surface area contributed by atoms with E-state index in [-0.39, 0.29) is 51.2 Å². The maximum absolute atomic E-state index is 13.7. The summed E-state index contributed by atoms with van der Waals surface area (Å²) in [7, 11) is -22.0. The normalized spacial score (nSPS) is 32.0. The molecule has 39 nitrogen and oxygen atoms in total. The largest absolute Gasteiger partial charge is 0.490 e. The van der Waals surface area contributed by atoms with Gasteiger partial charge in [0.25, 0.3) is 17.1 Å². The highest BCUT2D eigenvalue weighted by atomic mass is 31.3. The van der Waals surface area contributed by atoms with Crippen LogP contribution in [0.5, 0.6) is 0 Å². The molecule has 16 atom stereocenters. The summed E-state index contributed by atoms with van der Waals surface area (Å²) in [5.41, 5.74) is 13.2. The average molecular weight is 1140 g/mol. The molecular weight excluding hydrogens is 1100 g/mol. The van der Waals surface area contributed by atoms with E-state index in [1.807, 2.05) is 0 Å². The first-order chi connectivity index (χ1) is 35.2. The molecule has 4 saturated heterocycles. The van der Waals surface area contributed by atoms with Crippen molar-refractivity contribution in [2.45, 2.75) is 73.1 Å². The van der Waals surface area contributed by atoms with Gasteiger partial charge < -0.3 is 76.1 Å². The molecule has 6 aromatic rings. The number of aromatic amines is 2. The number of aliphatic hydroxyl groups is 4. The third-order valence-corrected chi connectivity index (χ3v) is 17.2. The van der Waals surface area contributed by atoms with Gasteiger partial charge in [-0.15, -0.1) is 0 Å². The number of anilines is 3. The van der Waals surface area contributed by atoms with Crippen molar-refractivity contribution in [3.63, 3.8) is 0 Å². The number of H-pyrrole nitrogens is 2. The molecule has 43 heteroatoms. The quantitative estimate of drug-likeness (QED) is 0.0283. The molecule has 10 heterocycles. The van der Waals surface area contributed by atoms with Gasteiger partial charge in [-0.2, -0.15) is 13.6 Å². The first-order valence-corrected chi connectivity index (χ1v) is 27.2. The SMILES string of the molecule is Cn1c[n+]([C@@H]2O[C@H](COP(=O)(O)OP(=O)(O)OP(=O)(O)OC[C@]34CO[C@@H](C3OP(=O)(O)OC[C@H]3O[C@@H](n5cnc6c(=O)[nH]c(N)nc65)C(O)[C@H]3O)[C@H](n3cnc5c(N)ncnc53)O4)C(O)[C@@H]2O)c2nc(N)[nH]c(=O)c21. The van der Waals surface area contributed by atoms with Crippen molar-refractivity contribution in [2.24, 2.45) is 7.05 Å². The van der Waals surface area contributed by atoms with Crippen molar-refractivity contribution in [3.8, 4) is 0 Å². The monoisotopic (exact) mass is 1140 g/mol. The van der Waals surface area contributed by atoms with E-state index in [9.17, 15) is 67.8 Å². The number of ether oxygens (including phenoxy) is 4. The van der Waals surface area contributed by atoms with E-state index in [1.165, 1.54) is 22.5 Å². The number of hydrogen-bond donors (Lipinski definition) is 13. The zero-order chi connectivity index (χ0) is 53.9. The van der Waals surface area contributed by atoms with Crippen LogP contribution >= 0.6 is 31.3 Å². The summed E-state index contributed by atoms with van der Waals surface area (Å²) < 4.78 is 110. The molecule has 408 valence electrons. The fraction of sp³-hybridized carbons (Fsp3) is 0.531. The van der Waals surface area contributed by atoms with E-state index in [0.717, 1.165) is 28.1 Å². The lowest BCUT2D eigenvalue weighted by molar-refractivity contribution is -0.745. The third kappa shape index (κ3) is 9.95. The van der Waals surface area contributed by atoms with Crippen LogP contribution in [0.4, 0.5) is 17.7 Å². The first-order valence-electron chi connectivity index (χ1n) is 21.3. The van der Waals surface area contributed by atoms with Crippen LogP contribution < -0.4 is 32.9 Å². The molecule has 75 heavy (non-hydrogen) atoms. The van der Waals surface area contributed by atoms with Gasteiger partial charge in [0.15, 0.2) is 41.4 Å². The Balaban J connectivity index is 0.809. The maximum atomic E-state index is 13.7. The third-order valence-electron chi connectivity index (χ3n) is 12.0. The minimum Gasteiger partial charge on any atom is -0.387 e. The Labute approximate surface area is 413 Å². The molecule has 0 aromatic carbocycles. The van der Waals surface area contributed by atoms with Crippen molar-refractivity contribution in [1.29, 1.82) is 0 Å². The zero-order valence-corrected chi connectivity index (χ0v) is 41.2. The summed E-state index contributed by atoms with van der Waals surface area (Å²) in [5.74, 6) is -0.703. The number of phosphoric acid groups is 4. The van der Waals surface area contributed by atoms with E-state index in [4.69, 9.17) is 54.2 Å². The lowest BCUT2D eigenvalue weighted by Crippen LogP contribution is -2.46. The van der Waals surface area contributed by atoms with Crippen LogP contribution in [0.3, 0.4) is 0 Å². The smallest absolute Gasteiger partial charge is 0.387 e. The highest BCUT2D eigenvalue weighted by Crippen LogP contribution is 2.68. The van der Waals surface area contributed by atoms with Crippen LogP contribution in [0.15, 0.2) is 34.9 Å². The second-order valence-electron chi connectivity index (χ2n) is 17.0. The number of phosphoric ester groups is 3. The highest BCUT2D eigenvalue weighted by molar-refractivity contribution is 7.66. The van der Waals surface area contributed by atoms with Crippen LogP contribution in [0.2, 0.25) is 0 Å². The summed E-state index contributed by atoms with van der Waals surface area (Å²) >= 11 is 0. The van der Waals surface area contributed by atoms with Gasteiger partial charge in [-0.1, -0.05) is 4.98 Å².